The fourth-order valence-corrected chi connectivity index (χ4v) is 1.90. The molecule has 3 heteroatoms. The van der Waals surface area contributed by atoms with E-state index in [1.54, 1.807) is 0 Å². The molecule has 1 saturated heterocycles. The average Bonchev–Trinajstić information content (AvgIpc) is 2.80. The molecule has 2 N–H and O–H groups in total. The standard InChI is InChI=1S/C12H17NO2/c13-6-8-15-12-4-2-1-3-11(12)10-5-7-14-9-10/h1-4,10H,5-9,13H2. The Bertz CT molecular complexity index is 308. The molecule has 0 bridgehead atoms. The van der Waals surface area contributed by atoms with Crippen molar-refractivity contribution >= 4 is 0 Å². The van der Waals surface area contributed by atoms with Gasteiger partial charge in [-0.25, -0.2) is 0 Å². The molecule has 0 saturated carbocycles. The largest absolute Gasteiger partial charge is 0.492 e. The number of hydrogen-bond acceptors (Lipinski definition) is 3. The van der Waals surface area contributed by atoms with E-state index in [9.17, 15) is 0 Å². The summed E-state index contributed by atoms with van der Waals surface area (Å²) in [5.41, 5.74) is 6.68. The highest BCUT2D eigenvalue weighted by atomic mass is 16.5. The third kappa shape index (κ3) is 2.49. The minimum absolute atomic E-state index is 0.485. The lowest BCUT2D eigenvalue weighted by Gasteiger charge is -2.14. The van der Waals surface area contributed by atoms with Gasteiger partial charge in [-0.3, -0.25) is 0 Å². The zero-order chi connectivity index (χ0) is 10.5. The Morgan fingerprint density at radius 1 is 1.40 bits per heavy atom. The van der Waals surface area contributed by atoms with E-state index in [2.05, 4.69) is 6.07 Å². The van der Waals surface area contributed by atoms with Gasteiger partial charge < -0.3 is 15.2 Å². The molecular weight excluding hydrogens is 190 g/mol. The van der Waals surface area contributed by atoms with Crippen LogP contribution in [-0.4, -0.2) is 26.4 Å². The fourth-order valence-electron chi connectivity index (χ4n) is 1.90. The van der Waals surface area contributed by atoms with Gasteiger partial charge in [0.25, 0.3) is 0 Å². The number of benzene rings is 1. The first kappa shape index (κ1) is 10.5. The highest BCUT2D eigenvalue weighted by Crippen LogP contribution is 2.32. The van der Waals surface area contributed by atoms with Gasteiger partial charge in [-0.1, -0.05) is 18.2 Å². The van der Waals surface area contributed by atoms with Gasteiger partial charge in [-0.2, -0.15) is 0 Å². The van der Waals surface area contributed by atoms with Crippen LogP contribution in [0.4, 0.5) is 0 Å². The maximum absolute atomic E-state index is 5.62. The Balaban J connectivity index is 2.13. The molecule has 1 atom stereocenters. The second-order valence-corrected chi connectivity index (χ2v) is 3.74. The number of nitrogens with two attached hydrogens (primary N) is 1. The van der Waals surface area contributed by atoms with Crippen LogP contribution < -0.4 is 10.5 Å². The first-order chi connectivity index (χ1) is 7.42. The van der Waals surface area contributed by atoms with Crippen molar-refractivity contribution in [2.24, 2.45) is 5.73 Å². The maximum atomic E-state index is 5.62. The van der Waals surface area contributed by atoms with E-state index in [1.165, 1.54) is 5.56 Å². The molecule has 2 rings (SSSR count). The molecule has 15 heavy (non-hydrogen) atoms. The van der Waals surface area contributed by atoms with Gasteiger partial charge in [0, 0.05) is 19.1 Å². The Morgan fingerprint density at radius 2 is 2.27 bits per heavy atom. The molecule has 1 fully saturated rings. The highest BCUT2D eigenvalue weighted by molar-refractivity contribution is 5.36. The molecule has 1 aliphatic rings. The fraction of sp³-hybridized carbons (Fsp3) is 0.500. The molecule has 1 aliphatic heterocycles. The lowest BCUT2D eigenvalue weighted by atomic mass is 9.98. The summed E-state index contributed by atoms with van der Waals surface area (Å²) < 4.78 is 11.0. The zero-order valence-corrected chi connectivity index (χ0v) is 8.82. The smallest absolute Gasteiger partial charge is 0.122 e. The van der Waals surface area contributed by atoms with E-state index in [0.717, 1.165) is 25.4 Å². The predicted molar refractivity (Wildman–Crippen MR) is 59.2 cm³/mol. The lowest BCUT2D eigenvalue weighted by molar-refractivity contribution is 0.193. The van der Waals surface area contributed by atoms with Crippen molar-refractivity contribution in [1.29, 1.82) is 0 Å². The van der Waals surface area contributed by atoms with E-state index in [1.807, 2.05) is 18.2 Å². The van der Waals surface area contributed by atoms with Crippen molar-refractivity contribution in [3.8, 4) is 5.75 Å². The van der Waals surface area contributed by atoms with Gasteiger partial charge in [0.15, 0.2) is 0 Å². The topological polar surface area (TPSA) is 44.5 Å². The van der Waals surface area contributed by atoms with Gasteiger partial charge >= 0.3 is 0 Å². The maximum Gasteiger partial charge on any atom is 0.122 e. The third-order valence-corrected chi connectivity index (χ3v) is 2.66. The van der Waals surface area contributed by atoms with Gasteiger partial charge in [0.1, 0.15) is 12.4 Å². The lowest BCUT2D eigenvalue weighted by Crippen LogP contribution is -2.12. The molecule has 0 amide bonds. The van der Waals surface area contributed by atoms with Crippen LogP contribution in [0.5, 0.6) is 5.75 Å². The molecule has 0 aliphatic carbocycles. The first-order valence-corrected chi connectivity index (χ1v) is 5.41. The molecule has 1 aromatic rings. The summed E-state index contributed by atoms with van der Waals surface area (Å²) in [7, 11) is 0. The van der Waals surface area contributed by atoms with Gasteiger partial charge in [-0.05, 0) is 18.1 Å². The second kappa shape index (κ2) is 5.14. The first-order valence-electron chi connectivity index (χ1n) is 5.41. The summed E-state index contributed by atoms with van der Waals surface area (Å²) in [6, 6.07) is 8.16. The van der Waals surface area contributed by atoms with Crippen LogP contribution in [0.1, 0.15) is 17.9 Å². The van der Waals surface area contributed by atoms with Crippen molar-refractivity contribution < 1.29 is 9.47 Å². The summed E-state index contributed by atoms with van der Waals surface area (Å²) in [5.74, 6) is 1.44. The quantitative estimate of drug-likeness (QED) is 0.814. The number of hydrogen-bond donors (Lipinski definition) is 1. The van der Waals surface area contributed by atoms with Gasteiger partial charge in [0.05, 0.1) is 6.61 Å². The summed E-state index contributed by atoms with van der Waals surface area (Å²) in [5, 5.41) is 0. The molecule has 3 nitrogen and oxygen atoms in total. The monoisotopic (exact) mass is 207 g/mol. The van der Waals surface area contributed by atoms with Crippen LogP contribution >= 0.6 is 0 Å². The van der Waals surface area contributed by atoms with Crippen LogP contribution in [0, 0.1) is 0 Å². The van der Waals surface area contributed by atoms with E-state index < -0.39 is 0 Å². The average molecular weight is 207 g/mol. The molecule has 0 spiro atoms. The minimum atomic E-state index is 0.485. The Labute approximate surface area is 90.2 Å². The molecule has 1 heterocycles. The molecule has 1 unspecified atom stereocenters. The molecule has 82 valence electrons. The normalized spacial score (nSPS) is 20.5. The predicted octanol–water partition coefficient (Wildman–Crippen LogP) is 1.53. The Kier molecular flexibility index (Phi) is 3.59. The SMILES string of the molecule is NCCOc1ccccc1C1CCOC1. The van der Waals surface area contributed by atoms with Crippen molar-refractivity contribution in [3.05, 3.63) is 29.8 Å². The van der Waals surface area contributed by atoms with Crippen LogP contribution in [0.2, 0.25) is 0 Å². The van der Waals surface area contributed by atoms with Crippen LogP contribution in [-0.2, 0) is 4.74 Å². The third-order valence-electron chi connectivity index (χ3n) is 2.66. The number of rotatable bonds is 4. The summed E-state index contributed by atoms with van der Waals surface area (Å²) >= 11 is 0. The molecule has 0 aromatic heterocycles. The van der Waals surface area contributed by atoms with Crippen molar-refractivity contribution in [2.45, 2.75) is 12.3 Å². The van der Waals surface area contributed by atoms with Gasteiger partial charge in [0.2, 0.25) is 0 Å². The molecule has 0 radical (unpaired) electrons. The zero-order valence-electron chi connectivity index (χ0n) is 8.82. The van der Waals surface area contributed by atoms with E-state index >= 15 is 0 Å². The minimum Gasteiger partial charge on any atom is -0.492 e. The summed E-state index contributed by atoms with van der Waals surface area (Å²) in [4.78, 5) is 0. The van der Waals surface area contributed by atoms with E-state index in [0.29, 0.717) is 19.1 Å². The van der Waals surface area contributed by atoms with E-state index in [4.69, 9.17) is 15.2 Å². The summed E-state index contributed by atoms with van der Waals surface area (Å²) in [6.45, 7) is 2.79. The van der Waals surface area contributed by atoms with Crippen molar-refractivity contribution in [1.82, 2.24) is 0 Å². The highest BCUT2D eigenvalue weighted by Gasteiger charge is 2.20. The number of para-hydroxylation sites is 1. The Morgan fingerprint density at radius 3 is 3.00 bits per heavy atom. The molecular formula is C12H17NO2. The molecule has 1 aromatic carbocycles. The number of ether oxygens (including phenoxy) is 2. The van der Waals surface area contributed by atoms with Gasteiger partial charge in [-0.15, -0.1) is 0 Å². The van der Waals surface area contributed by atoms with Crippen molar-refractivity contribution in [3.63, 3.8) is 0 Å². The summed E-state index contributed by atoms with van der Waals surface area (Å²) in [6.07, 6.45) is 1.09. The second-order valence-electron chi connectivity index (χ2n) is 3.74. The van der Waals surface area contributed by atoms with Crippen LogP contribution in [0.15, 0.2) is 24.3 Å². The van der Waals surface area contributed by atoms with Crippen LogP contribution in [0.3, 0.4) is 0 Å². The Hall–Kier alpha value is -1.06. The van der Waals surface area contributed by atoms with Crippen molar-refractivity contribution in [2.75, 3.05) is 26.4 Å². The van der Waals surface area contributed by atoms with Crippen LogP contribution in [0.25, 0.3) is 0 Å². The van der Waals surface area contributed by atoms with E-state index in [-0.39, 0.29) is 0 Å².